The highest BCUT2D eigenvalue weighted by molar-refractivity contribution is 6.31. The SMILES string of the molecule is NC(COCC(=O)O)c1cc2c(cc1Cl)OCCCO2. The van der Waals surface area contributed by atoms with Crippen molar-refractivity contribution < 1.29 is 24.1 Å². The molecule has 1 aliphatic rings. The molecule has 0 fully saturated rings. The highest BCUT2D eigenvalue weighted by Crippen LogP contribution is 2.36. The Kier molecular flexibility index (Phi) is 5.05. The fourth-order valence-corrected chi connectivity index (χ4v) is 2.14. The van der Waals surface area contributed by atoms with Crippen LogP contribution in [-0.2, 0) is 9.53 Å². The monoisotopic (exact) mass is 301 g/mol. The molecule has 1 atom stereocenters. The second-order valence-electron chi connectivity index (χ2n) is 4.39. The number of carboxylic acid groups (broad SMARTS) is 1. The van der Waals surface area contributed by atoms with Gasteiger partial charge in [-0.15, -0.1) is 0 Å². The second kappa shape index (κ2) is 6.78. The summed E-state index contributed by atoms with van der Waals surface area (Å²) in [7, 11) is 0. The fraction of sp³-hybridized carbons (Fsp3) is 0.462. The number of ether oxygens (including phenoxy) is 3. The van der Waals surface area contributed by atoms with Gasteiger partial charge in [0.15, 0.2) is 11.5 Å². The smallest absolute Gasteiger partial charge is 0.329 e. The van der Waals surface area contributed by atoms with Crippen molar-refractivity contribution in [1.29, 1.82) is 0 Å². The van der Waals surface area contributed by atoms with E-state index in [-0.39, 0.29) is 6.61 Å². The van der Waals surface area contributed by atoms with E-state index in [1.54, 1.807) is 12.1 Å². The van der Waals surface area contributed by atoms with E-state index in [1.807, 2.05) is 0 Å². The number of hydrogen-bond acceptors (Lipinski definition) is 5. The molecule has 0 saturated heterocycles. The average molecular weight is 302 g/mol. The maximum atomic E-state index is 10.4. The maximum absolute atomic E-state index is 10.4. The van der Waals surface area contributed by atoms with Crippen LogP contribution in [0.15, 0.2) is 12.1 Å². The third kappa shape index (κ3) is 3.75. The van der Waals surface area contributed by atoms with Gasteiger partial charge in [0.2, 0.25) is 0 Å². The van der Waals surface area contributed by atoms with Crippen molar-refractivity contribution >= 4 is 17.6 Å². The van der Waals surface area contributed by atoms with E-state index in [0.29, 0.717) is 35.3 Å². The van der Waals surface area contributed by atoms with Crippen molar-refractivity contribution in [3.05, 3.63) is 22.7 Å². The molecule has 0 bridgehead atoms. The van der Waals surface area contributed by atoms with Crippen LogP contribution in [-0.4, -0.2) is 37.5 Å². The summed E-state index contributed by atoms with van der Waals surface area (Å²) in [4.78, 5) is 10.4. The standard InChI is InChI=1S/C13H16ClNO5/c14-9-5-12-11(19-2-1-3-20-12)4-8(9)10(15)6-18-7-13(16)17/h4-5,10H,1-3,6-7,15H2,(H,16,17). The zero-order valence-electron chi connectivity index (χ0n) is 10.8. The van der Waals surface area contributed by atoms with Gasteiger partial charge >= 0.3 is 5.97 Å². The molecule has 1 aliphatic heterocycles. The molecule has 1 unspecified atom stereocenters. The number of halogens is 1. The van der Waals surface area contributed by atoms with Crippen LogP contribution in [0.5, 0.6) is 11.5 Å². The first-order valence-corrected chi connectivity index (χ1v) is 6.60. The van der Waals surface area contributed by atoms with Crippen LogP contribution in [0, 0.1) is 0 Å². The van der Waals surface area contributed by atoms with E-state index in [0.717, 1.165) is 6.42 Å². The Morgan fingerprint density at radius 1 is 1.40 bits per heavy atom. The Balaban J connectivity index is 2.10. The van der Waals surface area contributed by atoms with Gasteiger partial charge in [-0.2, -0.15) is 0 Å². The third-order valence-corrected chi connectivity index (χ3v) is 3.12. The van der Waals surface area contributed by atoms with Crippen molar-refractivity contribution in [2.45, 2.75) is 12.5 Å². The second-order valence-corrected chi connectivity index (χ2v) is 4.79. The molecule has 0 spiro atoms. The number of hydrogen-bond donors (Lipinski definition) is 2. The first kappa shape index (κ1) is 14.9. The quantitative estimate of drug-likeness (QED) is 0.858. The molecule has 3 N–H and O–H groups in total. The predicted octanol–water partition coefficient (Wildman–Crippen LogP) is 1.60. The number of rotatable bonds is 5. The largest absolute Gasteiger partial charge is 0.490 e. The molecule has 20 heavy (non-hydrogen) atoms. The summed E-state index contributed by atoms with van der Waals surface area (Å²) in [6.07, 6.45) is 0.801. The predicted molar refractivity (Wildman–Crippen MR) is 72.4 cm³/mol. The molecular formula is C13H16ClNO5. The Morgan fingerprint density at radius 2 is 2.05 bits per heavy atom. The molecule has 1 aromatic rings. The Labute approximate surface area is 121 Å². The van der Waals surface area contributed by atoms with Gasteiger partial charge in [0.25, 0.3) is 0 Å². The zero-order valence-corrected chi connectivity index (χ0v) is 11.6. The van der Waals surface area contributed by atoms with Crippen LogP contribution in [0.4, 0.5) is 0 Å². The van der Waals surface area contributed by atoms with Crippen LogP contribution in [0.25, 0.3) is 0 Å². The first-order valence-electron chi connectivity index (χ1n) is 6.22. The molecule has 110 valence electrons. The van der Waals surface area contributed by atoms with E-state index in [4.69, 9.17) is 36.7 Å². The van der Waals surface area contributed by atoms with Crippen LogP contribution < -0.4 is 15.2 Å². The summed E-state index contributed by atoms with van der Waals surface area (Å²) in [6.45, 7) is 0.816. The van der Waals surface area contributed by atoms with Crippen LogP contribution in [0.3, 0.4) is 0 Å². The van der Waals surface area contributed by atoms with E-state index >= 15 is 0 Å². The molecule has 0 aliphatic carbocycles. The molecule has 2 rings (SSSR count). The lowest BCUT2D eigenvalue weighted by Crippen LogP contribution is -2.20. The van der Waals surface area contributed by atoms with E-state index in [1.165, 1.54) is 0 Å². The Bertz CT molecular complexity index is 494. The molecule has 7 heteroatoms. The van der Waals surface area contributed by atoms with Gasteiger partial charge in [-0.3, -0.25) is 0 Å². The van der Waals surface area contributed by atoms with E-state index in [2.05, 4.69) is 0 Å². The van der Waals surface area contributed by atoms with Crippen LogP contribution >= 0.6 is 11.6 Å². The summed E-state index contributed by atoms with van der Waals surface area (Å²) in [5, 5.41) is 8.96. The van der Waals surface area contributed by atoms with Gasteiger partial charge in [-0.1, -0.05) is 11.6 Å². The number of aliphatic carboxylic acids is 1. The summed E-state index contributed by atoms with van der Waals surface area (Å²) in [5.41, 5.74) is 6.60. The molecule has 0 amide bonds. The summed E-state index contributed by atoms with van der Waals surface area (Å²) in [5.74, 6) is 0.146. The molecule has 1 heterocycles. The number of carbonyl (C=O) groups is 1. The normalized spacial score (nSPS) is 15.5. The molecule has 0 radical (unpaired) electrons. The highest BCUT2D eigenvalue weighted by atomic mass is 35.5. The van der Waals surface area contributed by atoms with E-state index < -0.39 is 18.6 Å². The molecule has 6 nitrogen and oxygen atoms in total. The summed E-state index contributed by atoms with van der Waals surface area (Å²) in [6, 6.07) is 2.85. The van der Waals surface area contributed by atoms with Crippen molar-refractivity contribution in [3.63, 3.8) is 0 Å². The fourth-order valence-electron chi connectivity index (χ4n) is 1.85. The van der Waals surface area contributed by atoms with Gasteiger partial charge in [0.05, 0.1) is 25.9 Å². The number of nitrogens with two attached hydrogens (primary N) is 1. The Hall–Kier alpha value is -1.50. The lowest BCUT2D eigenvalue weighted by molar-refractivity contribution is -0.142. The van der Waals surface area contributed by atoms with Crippen molar-refractivity contribution in [2.24, 2.45) is 5.73 Å². The van der Waals surface area contributed by atoms with Crippen molar-refractivity contribution in [3.8, 4) is 11.5 Å². The van der Waals surface area contributed by atoms with Gasteiger partial charge in [0.1, 0.15) is 6.61 Å². The summed E-state index contributed by atoms with van der Waals surface area (Å²) < 4.78 is 16.1. The number of benzene rings is 1. The van der Waals surface area contributed by atoms with Gasteiger partial charge in [0, 0.05) is 17.5 Å². The van der Waals surface area contributed by atoms with Crippen molar-refractivity contribution in [2.75, 3.05) is 26.4 Å². The first-order chi connectivity index (χ1) is 9.58. The van der Waals surface area contributed by atoms with Crippen LogP contribution in [0.1, 0.15) is 18.0 Å². The number of fused-ring (bicyclic) bond motifs is 1. The molecular weight excluding hydrogens is 286 g/mol. The minimum Gasteiger partial charge on any atom is -0.490 e. The van der Waals surface area contributed by atoms with Crippen molar-refractivity contribution in [1.82, 2.24) is 0 Å². The molecule has 0 saturated carbocycles. The molecule has 1 aromatic carbocycles. The zero-order chi connectivity index (χ0) is 14.5. The summed E-state index contributed by atoms with van der Waals surface area (Å²) >= 11 is 6.16. The van der Waals surface area contributed by atoms with E-state index in [9.17, 15) is 4.79 Å². The third-order valence-electron chi connectivity index (χ3n) is 2.79. The van der Waals surface area contributed by atoms with Gasteiger partial charge < -0.3 is 25.1 Å². The maximum Gasteiger partial charge on any atom is 0.329 e. The minimum absolute atomic E-state index is 0.0612. The molecule has 0 aromatic heterocycles. The lowest BCUT2D eigenvalue weighted by Gasteiger charge is -2.16. The Morgan fingerprint density at radius 3 is 2.70 bits per heavy atom. The lowest BCUT2D eigenvalue weighted by atomic mass is 10.1. The van der Waals surface area contributed by atoms with Gasteiger partial charge in [-0.05, 0) is 11.6 Å². The van der Waals surface area contributed by atoms with Crippen LogP contribution in [0.2, 0.25) is 5.02 Å². The average Bonchev–Trinajstić information content (AvgIpc) is 2.61. The number of carboxylic acids is 1. The minimum atomic E-state index is -1.04. The highest BCUT2D eigenvalue weighted by Gasteiger charge is 2.18. The topological polar surface area (TPSA) is 91.0 Å². The van der Waals surface area contributed by atoms with Gasteiger partial charge in [-0.25, -0.2) is 4.79 Å².